The summed E-state index contributed by atoms with van der Waals surface area (Å²) in [5, 5.41) is 11.2. The Bertz CT molecular complexity index is 1600. The first-order valence-electron chi connectivity index (χ1n) is 15.4. The zero-order chi connectivity index (χ0) is 34.1. The summed E-state index contributed by atoms with van der Waals surface area (Å²) in [7, 11) is 0. The van der Waals surface area contributed by atoms with Crippen molar-refractivity contribution in [1.82, 2.24) is 9.80 Å². The number of carbonyl (C=O) groups is 2. The molecular weight excluding hydrogens is 683 g/mol. The molecule has 1 unspecified atom stereocenters. The van der Waals surface area contributed by atoms with Crippen molar-refractivity contribution in [2.75, 3.05) is 51.0 Å². The summed E-state index contributed by atoms with van der Waals surface area (Å²) in [6.45, 7) is 3.72. The van der Waals surface area contributed by atoms with Gasteiger partial charge < -0.3 is 19.1 Å². The number of carbonyl (C=O) groups excluding carboxylic acids is 2. The van der Waals surface area contributed by atoms with Crippen LogP contribution >= 0.6 is 34.8 Å². The van der Waals surface area contributed by atoms with Crippen LogP contribution in [0.4, 0.5) is 16.2 Å². The number of allylic oxidation sites excluding steroid dienone is 1. The molecular formula is C34H35Cl3N4O7. The highest BCUT2D eigenvalue weighted by molar-refractivity contribution is 6.76. The van der Waals surface area contributed by atoms with Gasteiger partial charge in [-0.25, -0.2) is 4.79 Å². The second kappa shape index (κ2) is 16.0. The van der Waals surface area contributed by atoms with Crippen molar-refractivity contribution >= 4 is 58.2 Å². The van der Waals surface area contributed by atoms with Gasteiger partial charge in [-0.1, -0.05) is 83.4 Å². The number of hydrogen-bond acceptors (Lipinski definition) is 8. The predicted octanol–water partition coefficient (Wildman–Crippen LogP) is 6.80. The molecule has 3 aromatic carbocycles. The van der Waals surface area contributed by atoms with E-state index in [1.54, 1.807) is 24.3 Å². The van der Waals surface area contributed by atoms with E-state index in [2.05, 4.69) is 4.90 Å². The average Bonchev–Trinajstić information content (AvgIpc) is 3.55. The summed E-state index contributed by atoms with van der Waals surface area (Å²) in [5.41, 5.74) is 0.191. The first-order valence-corrected chi connectivity index (χ1v) is 16.5. The lowest BCUT2D eigenvalue weighted by molar-refractivity contribution is -0.384. The summed E-state index contributed by atoms with van der Waals surface area (Å²) in [6, 6.07) is 21.5. The van der Waals surface area contributed by atoms with Gasteiger partial charge in [0.25, 0.3) is 15.4 Å². The number of nitro benzene ring substituents is 1. The van der Waals surface area contributed by atoms with Crippen molar-refractivity contribution in [3.63, 3.8) is 0 Å². The van der Waals surface area contributed by atoms with E-state index in [9.17, 15) is 19.7 Å². The average molecular weight is 718 g/mol. The highest BCUT2D eigenvalue weighted by Crippen LogP contribution is 2.39. The van der Waals surface area contributed by atoms with Crippen LogP contribution in [0, 0.1) is 10.1 Å². The maximum absolute atomic E-state index is 14.0. The van der Waals surface area contributed by atoms with Crippen LogP contribution in [0.1, 0.15) is 18.4 Å². The Balaban J connectivity index is 1.48. The molecule has 1 heterocycles. The van der Waals surface area contributed by atoms with E-state index >= 15 is 0 Å². The number of halogens is 3. The minimum absolute atomic E-state index is 0.0625. The van der Waals surface area contributed by atoms with Crippen LogP contribution in [0.15, 0.2) is 91.0 Å². The lowest BCUT2D eigenvalue weighted by Crippen LogP contribution is -2.59. The van der Waals surface area contributed by atoms with Crippen LogP contribution < -0.4 is 14.4 Å². The van der Waals surface area contributed by atoms with Crippen LogP contribution in [0.25, 0.3) is 0 Å². The Morgan fingerprint density at radius 2 is 1.71 bits per heavy atom. The van der Waals surface area contributed by atoms with E-state index in [1.807, 2.05) is 42.5 Å². The SMILES string of the molecule is O=C(Oc1ccc([N+](=O)[O-])cc1)N(CN(C(=O)C(Cl)(Cl)Cl)C1(Cc2ccccc2)C=CCC1)c1cccc(OCCN2CCOCC2)c1. The Morgan fingerprint density at radius 1 is 0.979 bits per heavy atom. The van der Waals surface area contributed by atoms with Gasteiger partial charge >= 0.3 is 6.09 Å². The number of alkyl halides is 3. The fraction of sp³-hybridized carbons (Fsp3) is 0.353. The van der Waals surface area contributed by atoms with Gasteiger partial charge in [-0.05, 0) is 49.1 Å². The van der Waals surface area contributed by atoms with Gasteiger partial charge in [0.1, 0.15) is 24.8 Å². The van der Waals surface area contributed by atoms with Crippen LogP contribution in [0.3, 0.4) is 0 Å². The Hall–Kier alpha value is -3.87. The summed E-state index contributed by atoms with van der Waals surface area (Å²) < 4.78 is 14.8. The van der Waals surface area contributed by atoms with Crippen molar-refractivity contribution in [2.24, 2.45) is 0 Å². The standard InChI is InChI=1S/C34H35Cl3N4O7/c35-34(36,37)31(42)40(33(15-4-5-16-33)24-26-7-2-1-3-8-26)25-39(32(43)48-29-13-11-27(12-14-29)41(44)45)28-9-6-10-30(23-28)47-22-19-38-17-20-46-21-18-38/h1-4,6-15,23H,5,16-22,24-25H2. The molecule has 0 aromatic heterocycles. The number of anilines is 1. The monoisotopic (exact) mass is 716 g/mol. The smallest absolute Gasteiger partial charge is 0.421 e. The minimum atomic E-state index is -2.33. The molecule has 0 saturated carbocycles. The molecule has 0 radical (unpaired) electrons. The number of non-ortho nitro benzene ring substituents is 1. The molecule has 2 amide bonds. The molecule has 5 rings (SSSR count). The predicted molar refractivity (Wildman–Crippen MR) is 184 cm³/mol. The number of morpholine rings is 1. The van der Waals surface area contributed by atoms with Gasteiger partial charge in [0.15, 0.2) is 0 Å². The highest BCUT2D eigenvalue weighted by atomic mass is 35.6. The quantitative estimate of drug-likeness (QED) is 0.0661. The lowest BCUT2D eigenvalue weighted by atomic mass is 9.88. The van der Waals surface area contributed by atoms with E-state index in [0.29, 0.717) is 57.1 Å². The zero-order valence-electron chi connectivity index (χ0n) is 26.0. The highest BCUT2D eigenvalue weighted by Gasteiger charge is 2.47. The Morgan fingerprint density at radius 3 is 2.35 bits per heavy atom. The molecule has 11 nitrogen and oxygen atoms in total. The first-order chi connectivity index (χ1) is 23.0. The third-order valence-electron chi connectivity index (χ3n) is 8.22. The van der Waals surface area contributed by atoms with Gasteiger partial charge in [-0.3, -0.25) is 24.7 Å². The van der Waals surface area contributed by atoms with E-state index in [-0.39, 0.29) is 18.1 Å². The number of ether oxygens (including phenoxy) is 3. The van der Waals surface area contributed by atoms with Crippen molar-refractivity contribution in [1.29, 1.82) is 0 Å². The number of rotatable bonds is 12. The Labute approximate surface area is 293 Å². The molecule has 1 atom stereocenters. The van der Waals surface area contributed by atoms with Crippen molar-refractivity contribution in [2.45, 2.75) is 28.6 Å². The zero-order valence-corrected chi connectivity index (χ0v) is 28.3. The van der Waals surface area contributed by atoms with Gasteiger partial charge in [-0.2, -0.15) is 0 Å². The van der Waals surface area contributed by atoms with E-state index in [1.165, 1.54) is 34.1 Å². The third kappa shape index (κ3) is 9.18. The normalized spacial score (nSPS) is 17.9. The second-order valence-corrected chi connectivity index (χ2v) is 13.7. The van der Waals surface area contributed by atoms with Gasteiger partial charge in [0.05, 0.1) is 29.4 Å². The molecule has 0 N–H and O–H groups in total. The largest absolute Gasteiger partial charge is 0.492 e. The molecule has 1 aliphatic carbocycles. The molecule has 1 fully saturated rings. The number of amides is 2. The number of nitrogens with zero attached hydrogens (tertiary/aromatic N) is 4. The molecule has 14 heteroatoms. The van der Waals surface area contributed by atoms with Crippen molar-refractivity contribution in [3.05, 3.63) is 107 Å². The fourth-order valence-corrected chi connectivity index (χ4v) is 6.04. The second-order valence-electron chi connectivity index (χ2n) is 11.4. The molecule has 254 valence electrons. The van der Waals surface area contributed by atoms with Crippen LogP contribution in [0.2, 0.25) is 0 Å². The third-order valence-corrected chi connectivity index (χ3v) is 8.70. The summed E-state index contributed by atoms with van der Waals surface area (Å²) in [6.07, 6.45) is 4.59. The van der Waals surface area contributed by atoms with Gasteiger partial charge in [0, 0.05) is 37.8 Å². The fourth-order valence-electron chi connectivity index (χ4n) is 5.73. The van der Waals surface area contributed by atoms with Crippen LogP contribution in [0.5, 0.6) is 11.5 Å². The maximum atomic E-state index is 14.0. The molecule has 3 aromatic rings. The number of hydrogen-bond donors (Lipinski definition) is 0. The number of benzene rings is 3. The molecule has 1 aliphatic heterocycles. The summed E-state index contributed by atoms with van der Waals surface area (Å²) in [5.74, 6) is -0.263. The Kier molecular flexibility index (Phi) is 11.8. The molecule has 0 spiro atoms. The lowest BCUT2D eigenvalue weighted by Gasteiger charge is -2.44. The number of nitro groups is 1. The molecule has 0 bridgehead atoms. The maximum Gasteiger partial charge on any atom is 0.421 e. The van der Waals surface area contributed by atoms with E-state index < -0.39 is 26.3 Å². The molecule has 2 aliphatic rings. The minimum Gasteiger partial charge on any atom is -0.492 e. The summed E-state index contributed by atoms with van der Waals surface area (Å²) in [4.78, 5) is 43.5. The van der Waals surface area contributed by atoms with Crippen molar-refractivity contribution < 1.29 is 28.7 Å². The molecule has 1 saturated heterocycles. The van der Waals surface area contributed by atoms with Crippen LogP contribution in [-0.2, 0) is 16.0 Å². The van der Waals surface area contributed by atoms with Crippen molar-refractivity contribution in [3.8, 4) is 11.5 Å². The topological polar surface area (TPSA) is 115 Å². The first kappa shape index (κ1) is 35.4. The van der Waals surface area contributed by atoms with E-state index in [4.69, 9.17) is 49.0 Å². The summed E-state index contributed by atoms with van der Waals surface area (Å²) >= 11 is 18.7. The molecule has 48 heavy (non-hydrogen) atoms. The van der Waals surface area contributed by atoms with Crippen LogP contribution in [-0.4, -0.2) is 82.2 Å². The van der Waals surface area contributed by atoms with Gasteiger partial charge in [-0.15, -0.1) is 0 Å². The van der Waals surface area contributed by atoms with E-state index in [0.717, 1.165) is 18.7 Å². The van der Waals surface area contributed by atoms with Gasteiger partial charge in [0.2, 0.25) is 0 Å².